The van der Waals surface area contributed by atoms with Gasteiger partial charge < -0.3 is 19.4 Å². The molecule has 5 rings (SSSR count). The average molecular weight is 620 g/mol. The van der Waals surface area contributed by atoms with E-state index in [0.717, 1.165) is 31.6 Å². The Labute approximate surface area is 256 Å². The van der Waals surface area contributed by atoms with Crippen LogP contribution in [0, 0.1) is 24.6 Å². The van der Waals surface area contributed by atoms with E-state index in [4.69, 9.17) is 27.9 Å². The van der Waals surface area contributed by atoms with Crippen molar-refractivity contribution in [2.45, 2.75) is 39.2 Å². The predicted octanol–water partition coefficient (Wildman–Crippen LogP) is 5.49. The van der Waals surface area contributed by atoms with E-state index in [0.29, 0.717) is 68.1 Å². The second-order valence-electron chi connectivity index (χ2n) is 11.6. The molecular formula is C31H37Cl2FN4O4. The van der Waals surface area contributed by atoms with Gasteiger partial charge in [-0.3, -0.25) is 14.5 Å². The Bertz CT molecular complexity index is 1320. The van der Waals surface area contributed by atoms with Gasteiger partial charge in [-0.05, 0) is 61.6 Å². The Balaban J connectivity index is 1.15. The number of likely N-dealkylation sites (tertiary alicyclic amines) is 3. The van der Waals surface area contributed by atoms with Crippen molar-refractivity contribution in [1.29, 1.82) is 0 Å². The van der Waals surface area contributed by atoms with Crippen molar-refractivity contribution >= 4 is 46.8 Å². The molecule has 3 aliphatic rings. The number of amides is 3. The third-order valence-corrected chi connectivity index (χ3v) is 9.52. The smallest absolute Gasteiger partial charge is 0.414 e. The number of piperidine rings is 1. The third kappa shape index (κ3) is 6.84. The number of carbonyl (C=O) groups excluding carboxylic acids is 3. The van der Waals surface area contributed by atoms with Crippen LogP contribution in [0.1, 0.15) is 42.1 Å². The molecule has 8 nitrogen and oxygen atoms in total. The molecule has 0 saturated carbocycles. The van der Waals surface area contributed by atoms with Gasteiger partial charge in [-0.2, -0.15) is 0 Å². The summed E-state index contributed by atoms with van der Waals surface area (Å²) in [6.45, 7) is 8.88. The van der Waals surface area contributed by atoms with Gasteiger partial charge in [0.1, 0.15) is 11.9 Å². The van der Waals surface area contributed by atoms with Crippen molar-refractivity contribution < 1.29 is 23.5 Å². The Kier molecular flexibility index (Phi) is 9.60. The second kappa shape index (κ2) is 13.2. The van der Waals surface area contributed by atoms with Gasteiger partial charge in [0.25, 0.3) is 5.91 Å². The number of ether oxygens (including phenoxy) is 1. The van der Waals surface area contributed by atoms with Crippen LogP contribution in [0.15, 0.2) is 36.4 Å². The van der Waals surface area contributed by atoms with Crippen molar-refractivity contribution in [1.82, 2.24) is 14.7 Å². The largest absolute Gasteiger partial charge is 0.446 e. The van der Waals surface area contributed by atoms with Gasteiger partial charge in [-0.25, -0.2) is 9.18 Å². The summed E-state index contributed by atoms with van der Waals surface area (Å²) in [5.41, 5.74) is 1.84. The number of hydrogen-bond donors (Lipinski definition) is 0. The lowest BCUT2D eigenvalue weighted by atomic mass is 10.0. The molecule has 0 bridgehead atoms. The van der Waals surface area contributed by atoms with Crippen LogP contribution in [-0.4, -0.2) is 91.1 Å². The predicted molar refractivity (Wildman–Crippen MR) is 161 cm³/mol. The number of hydrogen-bond acceptors (Lipinski definition) is 5. The quantitative estimate of drug-likeness (QED) is 0.410. The number of rotatable bonds is 7. The van der Waals surface area contributed by atoms with Crippen molar-refractivity contribution in [3.63, 3.8) is 0 Å². The van der Waals surface area contributed by atoms with Crippen LogP contribution in [0.4, 0.5) is 14.9 Å². The molecule has 2 aromatic rings. The minimum absolute atomic E-state index is 0.0389. The fourth-order valence-electron chi connectivity index (χ4n) is 6.30. The van der Waals surface area contributed by atoms with Crippen molar-refractivity contribution in [3.8, 4) is 0 Å². The first-order chi connectivity index (χ1) is 20.1. The molecule has 0 spiro atoms. The number of aryl methyl sites for hydroxylation is 1. The summed E-state index contributed by atoms with van der Waals surface area (Å²) in [6.07, 6.45) is 1.34. The Hall–Kier alpha value is -2.88. The molecule has 11 heteroatoms. The molecule has 0 radical (unpaired) electrons. The molecule has 3 fully saturated rings. The average Bonchev–Trinajstić information content (AvgIpc) is 3.53. The van der Waals surface area contributed by atoms with Gasteiger partial charge in [0, 0.05) is 76.3 Å². The highest BCUT2D eigenvalue weighted by molar-refractivity contribution is 6.34. The van der Waals surface area contributed by atoms with Gasteiger partial charge in [-0.1, -0.05) is 35.3 Å². The zero-order chi connectivity index (χ0) is 30.0. The zero-order valence-electron chi connectivity index (χ0n) is 24.0. The first-order valence-corrected chi connectivity index (χ1v) is 15.3. The maximum absolute atomic E-state index is 13.9. The molecule has 3 heterocycles. The lowest BCUT2D eigenvalue weighted by molar-refractivity contribution is -0.130. The standard InChI is InChI=1S/C31H37Cl2FN4O4/c1-20-7-8-24(15-27(20)32)38(31(41)42-25-9-13-36(14-10-25)21(2)39)12-4-11-35-16-22-18-37(19-23(22)17-35)30(40)26-5-3-6-28(34)29(26)33/h3,5-8,15,22-23,25H,4,9-14,16-19H2,1-2H3. The van der Waals surface area contributed by atoms with E-state index < -0.39 is 11.9 Å². The summed E-state index contributed by atoms with van der Waals surface area (Å²) < 4.78 is 19.8. The summed E-state index contributed by atoms with van der Waals surface area (Å²) in [7, 11) is 0. The van der Waals surface area contributed by atoms with E-state index in [1.165, 1.54) is 12.1 Å². The highest BCUT2D eigenvalue weighted by Gasteiger charge is 2.42. The Morgan fingerprint density at radius 2 is 1.69 bits per heavy atom. The van der Waals surface area contributed by atoms with Crippen molar-refractivity contribution in [2.75, 3.05) is 57.3 Å². The number of carbonyl (C=O) groups is 3. The zero-order valence-corrected chi connectivity index (χ0v) is 25.5. The molecule has 3 amide bonds. The maximum Gasteiger partial charge on any atom is 0.414 e. The monoisotopic (exact) mass is 618 g/mol. The molecule has 2 atom stereocenters. The van der Waals surface area contributed by atoms with Crippen LogP contribution in [0.5, 0.6) is 0 Å². The fourth-order valence-corrected chi connectivity index (χ4v) is 6.68. The molecular weight excluding hydrogens is 582 g/mol. The third-order valence-electron chi connectivity index (χ3n) is 8.73. The van der Waals surface area contributed by atoms with Gasteiger partial charge in [0.05, 0.1) is 10.6 Å². The summed E-state index contributed by atoms with van der Waals surface area (Å²) in [6, 6.07) is 9.91. The van der Waals surface area contributed by atoms with E-state index >= 15 is 0 Å². The second-order valence-corrected chi connectivity index (χ2v) is 12.4. The molecule has 0 N–H and O–H groups in total. The van der Waals surface area contributed by atoms with Crippen LogP contribution >= 0.6 is 23.2 Å². The first-order valence-electron chi connectivity index (χ1n) is 14.6. The minimum Gasteiger partial charge on any atom is -0.446 e. The maximum atomic E-state index is 13.9. The molecule has 0 aliphatic carbocycles. The van der Waals surface area contributed by atoms with Gasteiger partial charge in [0.15, 0.2) is 0 Å². The summed E-state index contributed by atoms with van der Waals surface area (Å²) in [5.74, 6) is -0.0779. The summed E-state index contributed by atoms with van der Waals surface area (Å²) in [5, 5.41) is 0.465. The van der Waals surface area contributed by atoms with E-state index in [1.54, 1.807) is 33.8 Å². The van der Waals surface area contributed by atoms with E-state index in [1.807, 2.05) is 19.1 Å². The van der Waals surface area contributed by atoms with Crippen LogP contribution in [0.3, 0.4) is 0 Å². The van der Waals surface area contributed by atoms with E-state index in [2.05, 4.69) is 4.90 Å². The topological polar surface area (TPSA) is 73.4 Å². The molecule has 226 valence electrons. The highest BCUT2D eigenvalue weighted by atomic mass is 35.5. The molecule has 2 unspecified atom stereocenters. The first kappa shape index (κ1) is 30.6. The summed E-state index contributed by atoms with van der Waals surface area (Å²) in [4.78, 5) is 45.6. The molecule has 3 saturated heterocycles. The SMILES string of the molecule is CC(=O)N1CCC(OC(=O)N(CCCN2CC3CN(C(=O)c4cccc(F)c4Cl)CC3C2)c2ccc(C)c(Cl)c2)CC1. The fraction of sp³-hybridized carbons (Fsp3) is 0.516. The number of halogens is 3. The lowest BCUT2D eigenvalue weighted by Crippen LogP contribution is -2.43. The molecule has 0 aromatic heterocycles. The molecule has 42 heavy (non-hydrogen) atoms. The van der Waals surface area contributed by atoms with Crippen LogP contribution in [0.2, 0.25) is 10.0 Å². The van der Waals surface area contributed by atoms with Crippen LogP contribution in [-0.2, 0) is 9.53 Å². The van der Waals surface area contributed by atoms with E-state index in [-0.39, 0.29) is 28.5 Å². The molecule has 2 aromatic carbocycles. The van der Waals surface area contributed by atoms with Crippen molar-refractivity contribution in [3.05, 3.63) is 63.4 Å². The Morgan fingerprint density at radius 1 is 1.00 bits per heavy atom. The van der Waals surface area contributed by atoms with Gasteiger partial charge in [0.2, 0.25) is 5.91 Å². The normalized spacial score (nSPS) is 21.0. The Morgan fingerprint density at radius 3 is 2.33 bits per heavy atom. The lowest BCUT2D eigenvalue weighted by Gasteiger charge is -2.32. The summed E-state index contributed by atoms with van der Waals surface area (Å²) >= 11 is 12.5. The number of nitrogens with zero attached hydrogens (tertiary/aromatic N) is 4. The van der Waals surface area contributed by atoms with Crippen LogP contribution < -0.4 is 4.90 Å². The van der Waals surface area contributed by atoms with Gasteiger partial charge >= 0.3 is 6.09 Å². The van der Waals surface area contributed by atoms with E-state index in [9.17, 15) is 18.8 Å². The van der Waals surface area contributed by atoms with Crippen molar-refractivity contribution in [2.24, 2.45) is 11.8 Å². The number of benzene rings is 2. The van der Waals surface area contributed by atoms with Gasteiger partial charge in [-0.15, -0.1) is 0 Å². The minimum atomic E-state index is -0.586. The number of anilines is 1. The number of fused-ring (bicyclic) bond motifs is 1. The highest BCUT2D eigenvalue weighted by Crippen LogP contribution is 2.33. The molecule has 3 aliphatic heterocycles. The van der Waals surface area contributed by atoms with Crippen LogP contribution in [0.25, 0.3) is 0 Å².